The van der Waals surface area contributed by atoms with Gasteiger partial charge >= 0.3 is 0 Å². The van der Waals surface area contributed by atoms with Crippen LogP contribution in [0.1, 0.15) is 18.4 Å². The minimum atomic E-state index is -0.644. The fourth-order valence-electron chi connectivity index (χ4n) is 2.46. The van der Waals surface area contributed by atoms with Gasteiger partial charge in [-0.05, 0) is 18.4 Å². The van der Waals surface area contributed by atoms with Gasteiger partial charge in [0.1, 0.15) is 0 Å². The van der Waals surface area contributed by atoms with Gasteiger partial charge in [0.05, 0.1) is 18.8 Å². The molecule has 0 aliphatic carbocycles. The lowest BCUT2D eigenvalue weighted by Crippen LogP contribution is -2.44. The van der Waals surface area contributed by atoms with E-state index in [2.05, 4.69) is 4.90 Å². The fraction of sp³-hybridized carbons (Fsp3) is 0.600. The van der Waals surface area contributed by atoms with E-state index in [9.17, 15) is 5.11 Å². The first kappa shape index (κ1) is 14.5. The molecule has 0 spiro atoms. The van der Waals surface area contributed by atoms with Crippen molar-refractivity contribution in [3.63, 3.8) is 0 Å². The smallest absolute Gasteiger partial charge is 0.0656 e. The molecule has 1 heterocycles. The van der Waals surface area contributed by atoms with Crippen molar-refractivity contribution in [3.8, 4) is 0 Å². The largest absolute Gasteiger partial charge is 0.394 e. The van der Waals surface area contributed by atoms with Crippen LogP contribution in [0, 0.1) is 0 Å². The molecule has 0 amide bonds. The van der Waals surface area contributed by atoms with Gasteiger partial charge in [-0.2, -0.15) is 0 Å². The van der Waals surface area contributed by atoms with Crippen molar-refractivity contribution in [2.75, 3.05) is 39.5 Å². The van der Waals surface area contributed by atoms with Gasteiger partial charge in [-0.3, -0.25) is 0 Å². The van der Waals surface area contributed by atoms with Gasteiger partial charge in [0, 0.05) is 26.2 Å². The highest BCUT2D eigenvalue weighted by Crippen LogP contribution is 2.22. The average Bonchev–Trinajstić information content (AvgIpc) is 2.74. The van der Waals surface area contributed by atoms with E-state index in [1.165, 1.54) is 0 Å². The lowest BCUT2D eigenvalue weighted by atomic mass is 9.88. The Morgan fingerprint density at radius 3 is 2.74 bits per heavy atom. The van der Waals surface area contributed by atoms with Crippen molar-refractivity contribution >= 4 is 0 Å². The maximum atomic E-state index is 9.66. The summed E-state index contributed by atoms with van der Waals surface area (Å²) in [4.78, 5) is 2.37. The number of nitrogens with zero attached hydrogens (tertiary/aromatic N) is 1. The summed E-state index contributed by atoms with van der Waals surface area (Å²) >= 11 is 0. The van der Waals surface area contributed by atoms with Crippen molar-refractivity contribution in [2.24, 2.45) is 5.73 Å². The average molecular weight is 264 g/mol. The van der Waals surface area contributed by atoms with Crippen LogP contribution in [0.15, 0.2) is 30.3 Å². The zero-order valence-electron chi connectivity index (χ0n) is 11.4. The molecule has 4 nitrogen and oxygen atoms in total. The fourth-order valence-corrected chi connectivity index (χ4v) is 2.46. The Hall–Kier alpha value is -0.940. The van der Waals surface area contributed by atoms with Crippen LogP contribution < -0.4 is 5.73 Å². The highest BCUT2D eigenvalue weighted by atomic mass is 16.5. The van der Waals surface area contributed by atoms with Crippen molar-refractivity contribution < 1.29 is 9.84 Å². The van der Waals surface area contributed by atoms with Crippen LogP contribution in [0.4, 0.5) is 0 Å². The molecule has 1 aromatic carbocycles. The van der Waals surface area contributed by atoms with E-state index in [-0.39, 0.29) is 6.61 Å². The van der Waals surface area contributed by atoms with E-state index in [0.29, 0.717) is 0 Å². The molecule has 106 valence electrons. The third kappa shape index (κ3) is 4.01. The Labute approximate surface area is 115 Å². The van der Waals surface area contributed by atoms with Crippen molar-refractivity contribution in [1.82, 2.24) is 4.90 Å². The lowest BCUT2D eigenvalue weighted by molar-refractivity contribution is 0.134. The molecule has 1 unspecified atom stereocenters. The molecule has 1 atom stereocenters. The van der Waals surface area contributed by atoms with E-state index < -0.39 is 5.54 Å². The van der Waals surface area contributed by atoms with E-state index >= 15 is 0 Å². The molecule has 19 heavy (non-hydrogen) atoms. The number of ether oxygens (including phenoxy) is 1. The van der Waals surface area contributed by atoms with Gasteiger partial charge in [-0.15, -0.1) is 0 Å². The second kappa shape index (κ2) is 7.01. The molecule has 0 bridgehead atoms. The third-order valence-corrected chi connectivity index (χ3v) is 3.82. The molecule has 0 radical (unpaired) electrons. The van der Waals surface area contributed by atoms with Gasteiger partial charge in [0.2, 0.25) is 0 Å². The van der Waals surface area contributed by atoms with E-state index in [1.807, 2.05) is 30.3 Å². The zero-order chi connectivity index (χ0) is 13.6. The van der Waals surface area contributed by atoms with Gasteiger partial charge in [0.25, 0.3) is 0 Å². The molecular weight excluding hydrogens is 240 g/mol. The number of rotatable bonds is 5. The molecule has 1 aromatic rings. The van der Waals surface area contributed by atoms with Crippen LogP contribution in [0.3, 0.4) is 0 Å². The molecule has 0 aromatic heterocycles. The van der Waals surface area contributed by atoms with E-state index in [1.54, 1.807) is 0 Å². The van der Waals surface area contributed by atoms with E-state index in [4.69, 9.17) is 10.5 Å². The Morgan fingerprint density at radius 2 is 2.00 bits per heavy atom. The van der Waals surface area contributed by atoms with Gasteiger partial charge in [-0.1, -0.05) is 30.3 Å². The number of aliphatic hydroxyl groups is 1. The number of nitrogens with two attached hydrogens (primary N) is 1. The lowest BCUT2D eigenvalue weighted by Gasteiger charge is -2.30. The molecule has 1 fully saturated rings. The Bertz CT molecular complexity index is 364. The van der Waals surface area contributed by atoms with Crippen LogP contribution in [0.25, 0.3) is 0 Å². The summed E-state index contributed by atoms with van der Waals surface area (Å²) in [7, 11) is 0. The number of hydrogen-bond donors (Lipinski definition) is 2. The monoisotopic (exact) mass is 264 g/mol. The van der Waals surface area contributed by atoms with Crippen molar-refractivity contribution in [1.29, 1.82) is 0 Å². The normalized spacial score (nSPS) is 20.7. The summed E-state index contributed by atoms with van der Waals surface area (Å²) in [6.45, 7) is 4.52. The number of hydrogen-bond acceptors (Lipinski definition) is 4. The first-order valence-electron chi connectivity index (χ1n) is 7.00. The van der Waals surface area contributed by atoms with E-state index in [0.717, 1.165) is 51.3 Å². The molecule has 1 saturated heterocycles. The molecule has 1 aliphatic rings. The van der Waals surface area contributed by atoms with Crippen LogP contribution in [0.2, 0.25) is 0 Å². The summed E-state index contributed by atoms with van der Waals surface area (Å²) in [6, 6.07) is 9.87. The molecule has 3 N–H and O–H groups in total. The Morgan fingerprint density at radius 1 is 1.21 bits per heavy atom. The highest BCUT2D eigenvalue weighted by Gasteiger charge is 2.27. The zero-order valence-corrected chi connectivity index (χ0v) is 11.4. The predicted octanol–water partition coefficient (Wildman–Crippen LogP) is 0.945. The molecule has 4 heteroatoms. The summed E-state index contributed by atoms with van der Waals surface area (Å²) in [6.07, 6.45) is 1.83. The third-order valence-electron chi connectivity index (χ3n) is 3.82. The van der Waals surface area contributed by atoms with Crippen LogP contribution in [-0.2, 0) is 10.3 Å². The molecule has 1 aliphatic heterocycles. The van der Waals surface area contributed by atoms with Gasteiger partial charge in [-0.25, -0.2) is 0 Å². The molecule has 2 rings (SSSR count). The van der Waals surface area contributed by atoms with Crippen molar-refractivity contribution in [3.05, 3.63) is 35.9 Å². The topological polar surface area (TPSA) is 58.7 Å². The summed E-state index contributed by atoms with van der Waals surface area (Å²) in [5.41, 5.74) is 6.73. The predicted molar refractivity (Wildman–Crippen MR) is 75.9 cm³/mol. The minimum absolute atomic E-state index is 0.0264. The summed E-state index contributed by atoms with van der Waals surface area (Å²) in [5.74, 6) is 0. The number of aliphatic hydroxyl groups excluding tert-OH is 1. The van der Waals surface area contributed by atoms with Crippen LogP contribution in [0.5, 0.6) is 0 Å². The van der Waals surface area contributed by atoms with Gasteiger partial charge < -0.3 is 20.5 Å². The van der Waals surface area contributed by atoms with Gasteiger partial charge in [0.15, 0.2) is 0 Å². The molecular formula is C15H24N2O2. The van der Waals surface area contributed by atoms with Crippen molar-refractivity contribution in [2.45, 2.75) is 18.4 Å². The SMILES string of the molecule is NC(CO)(CCN1CCCOCC1)c1ccccc1. The second-order valence-electron chi connectivity index (χ2n) is 5.24. The first-order valence-corrected chi connectivity index (χ1v) is 7.00. The Balaban J connectivity index is 1.94. The summed E-state index contributed by atoms with van der Waals surface area (Å²) in [5, 5.41) is 9.66. The molecule has 0 saturated carbocycles. The standard InChI is InChI=1S/C15H24N2O2/c16-15(13-18,14-5-2-1-3-6-14)7-9-17-8-4-11-19-12-10-17/h1-3,5-6,18H,4,7-13,16H2. The maximum Gasteiger partial charge on any atom is 0.0656 e. The maximum absolute atomic E-state index is 9.66. The first-order chi connectivity index (χ1) is 9.24. The van der Waals surface area contributed by atoms with Crippen LogP contribution in [-0.4, -0.2) is 49.5 Å². The minimum Gasteiger partial charge on any atom is -0.394 e. The quantitative estimate of drug-likeness (QED) is 0.831. The number of benzene rings is 1. The highest BCUT2D eigenvalue weighted by molar-refractivity contribution is 5.24. The second-order valence-corrected chi connectivity index (χ2v) is 5.24. The Kier molecular flexibility index (Phi) is 5.34. The summed E-state index contributed by atoms with van der Waals surface area (Å²) < 4.78 is 5.45. The van der Waals surface area contributed by atoms with Crippen LogP contribution >= 0.6 is 0 Å².